The largest absolute Gasteiger partial charge is 0.326 e. The van der Waals surface area contributed by atoms with E-state index in [4.69, 9.17) is 0 Å². The number of carbonyl (C=O) groups is 2. The summed E-state index contributed by atoms with van der Waals surface area (Å²) < 4.78 is 1.11. The van der Waals surface area contributed by atoms with Gasteiger partial charge in [0.2, 0.25) is 11.8 Å². The molecule has 7 heteroatoms. The Morgan fingerprint density at radius 3 is 2.67 bits per heavy atom. The van der Waals surface area contributed by atoms with Gasteiger partial charge in [0.25, 0.3) is 0 Å². The molecule has 1 unspecified atom stereocenters. The Labute approximate surface area is 198 Å². The summed E-state index contributed by atoms with van der Waals surface area (Å²) in [4.78, 5) is 34.3. The Kier molecular flexibility index (Phi) is 6.17. The Balaban J connectivity index is 1.19. The summed E-state index contributed by atoms with van der Waals surface area (Å²) in [7, 11) is 0. The SMILES string of the molecule is Cc1nc2cc(N3CC(C(=O)Nc4ccc(CN5CCC(C)CC5)cc4)CC3=O)ccc2s1. The van der Waals surface area contributed by atoms with E-state index in [-0.39, 0.29) is 24.2 Å². The highest BCUT2D eigenvalue weighted by Gasteiger charge is 2.35. The van der Waals surface area contributed by atoms with Crippen molar-refractivity contribution in [3.63, 3.8) is 0 Å². The average molecular weight is 463 g/mol. The molecule has 0 saturated carbocycles. The number of anilines is 2. The molecule has 3 heterocycles. The molecule has 0 aliphatic carbocycles. The van der Waals surface area contributed by atoms with Gasteiger partial charge in [-0.15, -0.1) is 11.3 Å². The zero-order valence-electron chi connectivity index (χ0n) is 19.2. The first kappa shape index (κ1) is 22.0. The first-order valence-corrected chi connectivity index (χ1v) is 12.6. The van der Waals surface area contributed by atoms with Crippen LogP contribution in [0.4, 0.5) is 11.4 Å². The second-order valence-corrected chi connectivity index (χ2v) is 10.7. The van der Waals surface area contributed by atoms with Gasteiger partial charge in [-0.3, -0.25) is 14.5 Å². The van der Waals surface area contributed by atoms with E-state index >= 15 is 0 Å². The second-order valence-electron chi connectivity index (χ2n) is 9.44. The maximum absolute atomic E-state index is 12.9. The lowest BCUT2D eigenvalue weighted by Crippen LogP contribution is -2.32. The van der Waals surface area contributed by atoms with Gasteiger partial charge >= 0.3 is 0 Å². The molecular formula is C26H30N4O2S. The molecule has 0 bridgehead atoms. The highest BCUT2D eigenvalue weighted by atomic mass is 32.1. The van der Waals surface area contributed by atoms with Gasteiger partial charge in [0.15, 0.2) is 0 Å². The fourth-order valence-corrected chi connectivity index (χ4v) is 5.56. The van der Waals surface area contributed by atoms with E-state index in [2.05, 4.69) is 34.3 Å². The first-order valence-electron chi connectivity index (χ1n) is 11.7. The number of hydrogen-bond acceptors (Lipinski definition) is 5. The molecule has 5 rings (SSSR count). The van der Waals surface area contributed by atoms with Crippen LogP contribution in [0.2, 0.25) is 0 Å². The van der Waals surface area contributed by atoms with Gasteiger partial charge in [-0.25, -0.2) is 4.98 Å². The molecule has 2 aromatic carbocycles. The van der Waals surface area contributed by atoms with E-state index in [1.54, 1.807) is 16.2 Å². The van der Waals surface area contributed by atoms with Crippen LogP contribution < -0.4 is 10.2 Å². The Morgan fingerprint density at radius 2 is 1.91 bits per heavy atom. The molecule has 3 aromatic rings. The number of hydrogen-bond donors (Lipinski definition) is 1. The maximum Gasteiger partial charge on any atom is 0.229 e. The summed E-state index contributed by atoms with van der Waals surface area (Å²) in [5.41, 5.74) is 3.75. The fraction of sp³-hybridized carbons (Fsp3) is 0.423. The number of likely N-dealkylation sites (tertiary alicyclic amines) is 1. The van der Waals surface area contributed by atoms with Crippen molar-refractivity contribution in [3.8, 4) is 0 Å². The van der Waals surface area contributed by atoms with Crippen molar-refractivity contribution in [1.29, 1.82) is 0 Å². The van der Waals surface area contributed by atoms with Crippen LogP contribution in [0.3, 0.4) is 0 Å². The van der Waals surface area contributed by atoms with Crippen LogP contribution >= 0.6 is 11.3 Å². The van der Waals surface area contributed by atoms with Gasteiger partial charge in [-0.2, -0.15) is 0 Å². The van der Waals surface area contributed by atoms with Gasteiger partial charge < -0.3 is 10.2 Å². The van der Waals surface area contributed by atoms with E-state index in [9.17, 15) is 9.59 Å². The van der Waals surface area contributed by atoms with Crippen molar-refractivity contribution in [2.24, 2.45) is 11.8 Å². The van der Waals surface area contributed by atoms with E-state index in [1.165, 1.54) is 18.4 Å². The molecule has 172 valence electrons. The summed E-state index contributed by atoms with van der Waals surface area (Å²) in [6.45, 7) is 7.96. The van der Waals surface area contributed by atoms with E-state index < -0.39 is 0 Å². The summed E-state index contributed by atoms with van der Waals surface area (Å²) in [5.74, 6) is 0.346. The molecule has 2 aliphatic rings. The zero-order valence-corrected chi connectivity index (χ0v) is 20.0. The number of piperidine rings is 1. The Bertz CT molecular complexity index is 1160. The van der Waals surface area contributed by atoms with Crippen molar-refractivity contribution < 1.29 is 9.59 Å². The minimum atomic E-state index is -0.361. The minimum absolute atomic E-state index is 0.0207. The number of amides is 2. The van der Waals surface area contributed by atoms with Crippen molar-refractivity contribution in [1.82, 2.24) is 9.88 Å². The van der Waals surface area contributed by atoms with Crippen LogP contribution in [0.1, 0.15) is 36.8 Å². The minimum Gasteiger partial charge on any atom is -0.326 e. The van der Waals surface area contributed by atoms with Crippen LogP contribution in [0, 0.1) is 18.8 Å². The van der Waals surface area contributed by atoms with Crippen LogP contribution in [-0.4, -0.2) is 41.3 Å². The lowest BCUT2D eigenvalue weighted by atomic mass is 9.99. The molecule has 2 amide bonds. The summed E-state index contributed by atoms with van der Waals surface area (Å²) in [6, 6.07) is 14.0. The quantitative estimate of drug-likeness (QED) is 0.590. The van der Waals surface area contributed by atoms with E-state index in [0.29, 0.717) is 6.54 Å². The smallest absolute Gasteiger partial charge is 0.229 e. The zero-order chi connectivity index (χ0) is 22.9. The molecule has 0 spiro atoms. The third-order valence-corrected chi connectivity index (χ3v) is 7.74. The standard InChI is InChI=1S/C26H30N4O2S/c1-17-9-11-29(12-10-17)15-19-3-5-21(6-4-19)28-26(32)20-13-25(31)30(16-20)22-7-8-24-23(14-22)27-18(2)33-24/h3-8,14,17,20H,9-13,15-16H2,1-2H3,(H,28,32). The number of fused-ring (bicyclic) bond motifs is 1. The summed E-state index contributed by atoms with van der Waals surface area (Å²) in [5, 5.41) is 4.01. The number of rotatable bonds is 5. The average Bonchev–Trinajstić information content (AvgIpc) is 3.37. The van der Waals surface area contributed by atoms with Crippen LogP contribution in [0.5, 0.6) is 0 Å². The fourth-order valence-electron chi connectivity index (χ4n) is 4.75. The van der Waals surface area contributed by atoms with Gasteiger partial charge in [-0.1, -0.05) is 19.1 Å². The predicted octanol–water partition coefficient (Wildman–Crippen LogP) is 4.83. The number of aromatic nitrogens is 1. The monoisotopic (exact) mass is 462 g/mol. The third-order valence-electron chi connectivity index (χ3n) is 6.79. The van der Waals surface area contributed by atoms with Crippen molar-refractivity contribution in [2.75, 3.05) is 29.9 Å². The van der Waals surface area contributed by atoms with Crippen molar-refractivity contribution in [3.05, 3.63) is 53.0 Å². The van der Waals surface area contributed by atoms with Crippen molar-refractivity contribution in [2.45, 2.75) is 39.7 Å². The van der Waals surface area contributed by atoms with Crippen molar-refractivity contribution >= 4 is 44.7 Å². The highest BCUT2D eigenvalue weighted by molar-refractivity contribution is 7.18. The van der Waals surface area contributed by atoms with E-state index in [1.807, 2.05) is 37.3 Å². The van der Waals surface area contributed by atoms with Crippen LogP contribution in [0.15, 0.2) is 42.5 Å². The summed E-state index contributed by atoms with van der Waals surface area (Å²) in [6.07, 6.45) is 2.76. The lowest BCUT2D eigenvalue weighted by molar-refractivity contribution is -0.122. The van der Waals surface area contributed by atoms with Gasteiger partial charge in [0, 0.05) is 30.9 Å². The molecule has 1 atom stereocenters. The van der Waals surface area contributed by atoms with E-state index in [0.717, 1.165) is 52.2 Å². The van der Waals surface area contributed by atoms with Crippen LogP contribution in [-0.2, 0) is 16.1 Å². The molecule has 2 fully saturated rings. The molecule has 1 N–H and O–H groups in total. The number of benzene rings is 2. The van der Waals surface area contributed by atoms with Gasteiger partial charge in [-0.05, 0) is 74.7 Å². The highest BCUT2D eigenvalue weighted by Crippen LogP contribution is 2.30. The number of nitrogens with one attached hydrogen (secondary N) is 1. The molecule has 6 nitrogen and oxygen atoms in total. The normalized spacial score (nSPS) is 20.0. The topological polar surface area (TPSA) is 65.5 Å². The number of carbonyl (C=O) groups excluding carboxylic acids is 2. The predicted molar refractivity (Wildman–Crippen MR) is 134 cm³/mol. The second kappa shape index (κ2) is 9.23. The van der Waals surface area contributed by atoms with Gasteiger partial charge in [0.05, 0.1) is 21.1 Å². The molecule has 0 radical (unpaired) electrons. The Morgan fingerprint density at radius 1 is 1.15 bits per heavy atom. The number of thiazole rings is 1. The number of aryl methyl sites for hydroxylation is 1. The molecule has 33 heavy (non-hydrogen) atoms. The molecule has 1 aromatic heterocycles. The third kappa shape index (κ3) is 4.94. The first-order chi connectivity index (χ1) is 15.9. The molecule has 2 saturated heterocycles. The molecule has 2 aliphatic heterocycles. The van der Waals surface area contributed by atoms with Crippen LogP contribution in [0.25, 0.3) is 10.2 Å². The molecular weight excluding hydrogens is 432 g/mol. The number of nitrogens with zero attached hydrogens (tertiary/aromatic N) is 3. The summed E-state index contributed by atoms with van der Waals surface area (Å²) >= 11 is 1.64. The lowest BCUT2D eigenvalue weighted by Gasteiger charge is -2.30. The Hall–Kier alpha value is -2.77. The van der Waals surface area contributed by atoms with Gasteiger partial charge in [0.1, 0.15) is 0 Å². The maximum atomic E-state index is 12.9.